The number of hydrogen-bond donors (Lipinski definition) is 1. The number of aliphatic carboxylic acids is 4. The zero-order valence-electron chi connectivity index (χ0n) is 17.2. The van der Waals surface area contributed by atoms with E-state index in [0.717, 1.165) is 40.8 Å². The van der Waals surface area contributed by atoms with Crippen LogP contribution >= 0.6 is 0 Å². The first-order valence-electron chi connectivity index (χ1n) is 5.75. The summed E-state index contributed by atoms with van der Waals surface area (Å²) in [6.45, 7) is 10.3. The topological polar surface area (TPSA) is 173 Å². The van der Waals surface area contributed by atoms with Gasteiger partial charge in [-0.25, -0.2) is 0 Å². The van der Waals surface area contributed by atoms with Gasteiger partial charge in [0.15, 0.2) is 0 Å². The predicted octanol–water partition coefficient (Wildman–Crippen LogP) is -16.3. The SMILES string of the molecule is CC(=O)[O-].CC(=O)[O-].CC(=O)[O-].CC(=O)[O-].CCNCC.[K+].[K+].[K+].[K+]. The largest absolute Gasteiger partial charge is 1.00 e. The minimum Gasteiger partial charge on any atom is -0.550 e. The zero-order valence-corrected chi connectivity index (χ0v) is 29.7. The summed E-state index contributed by atoms with van der Waals surface area (Å²) in [6, 6.07) is 0. The Kier molecular flexibility index (Phi) is 129. The molecule has 0 spiro atoms. The molecule has 0 saturated carbocycles. The molecule has 0 aromatic carbocycles. The van der Waals surface area contributed by atoms with Gasteiger partial charge in [0.1, 0.15) is 0 Å². The van der Waals surface area contributed by atoms with Crippen molar-refractivity contribution in [1.29, 1.82) is 0 Å². The second kappa shape index (κ2) is 56.6. The third kappa shape index (κ3) is 485. The number of carboxylic acid groups (broad SMARTS) is 4. The molecule has 0 aliphatic rings. The van der Waals surface area contributed by atoms with E-state index in [4.69, 9.17) is 39.6 Å². The van der Waals surface area contributed by atoms with Gasteiger partial charge >= 0.3 is 206 Å². The van der Waals surface area contributed by atoms with E-state index in [2.05, 4.69) is 19.2 Å². The van der Waals surface area contributed by atoms with Crippen molar-refractivity contribution in [2.75, 3.05) is 13.1 Å². The van der Waals surface area contributed by atoms with Gasteiger partial charge in [-0.3, -0.25) is 0 Å². The van der Waals surface area contributed by atoms with Crippen LogP contribution in [0.2, 0.25) is 0 Å². The second-order valence-electron chi connectivity index (χ2n) is 2.92. The molecule has 0 amide bonds. The van der Waals surface area contributed by atoms with Crippen molar-refractivity contribution in [3.8, 4) is 0 Å². The summed E-state index contributed by atoms with van der Waals surface area (Å²) >= 11 is 0. The molecule has 0 aliphatic heterocycles. The molecule has 9 nitrogen and oxygen atoms in total. The van der Waals surface area contributed by atoms with Crippen LogP contribution in [0.25, 0.3) is 0 Å². The molecule has 0 heterocycles. The Bertz CT molecular complexity index is 216. The Morgan fingerprint density at radius 1 is 0.560 bits per heavy atom. The number of carboxylic acids is 4. The van der Waals surface area contributed by atoms with Gasteiger partial charge in [-0.2, -0.15) is 0 Å². The van der Waals surface area contributed by atoms with Gasteiger partial charge in [-0.1, -0.05) is 13.8 Å². The van der Waals surface area contributed by atoms with Crippen molar-refractivity contribution in [2.45, 2.75) is 41.5 Å². The van der Waals surface area contributed by atoms with Crippen LogP contribution in [0.1, 0.15) is 41.5 Å². The van der Waals surface area contributed by atoms with Crippen LogP contribution in [-0.2, 0) is 19.2 Å². The van der Waals surface area contributed by atoms with Crippen LogP contribution in [0.4, 0.5) is 0 Å². The van der Waals surface area contributed by atoms with E-state index in [1.165, 1.54) is 0 Å². The molecule has 0 saturated heterocycles. The number of carbonyl (C=O) groups is 4. The van der Waals surface area contributed by atoms with Crippen molar-refractivity contribution in [3.05, 3.63) is 0 Å². The fourth-order valence-corrected chi connectivity index (χ4v) is 0.250. The minimum atomic E-state index is -1.08. The maximum Gasteiger partial charge on any atom is 1.00 e. The number of hydrogen-bond acceptors (Lipinski definition) is 9. The molecule has 0 fully saturated rings. The van der Waals surface area contributed by atoms with Crippen molar-refractivity contribution < 1.29 is 245 Å². The van der Waals surface area contributed by atoms with Gasteiger partial charge < -0.3 is 44.9 Å². The molecule has 25 heavy (non-hydrogen) atoms. The van der Waals surface area contributed by atoms with Crippen LogP contribution in [0.15, 0.2) is 0 Å². The molecule has 13 heteroatoms. The van der Waals surface area contributed by atoms with E-state index < -0.39 is 23.9 Å². The van der Waals surface area contributed by atoms with Gasteiger partial charge in [0.05, 0.1) is 0 Å². The maximum absolute atomic E-state index is 8.89. The molecular formula is C12H23K4NO8. The normalized spacial score (nSPS) is 5.68. The van der Waals surface area contributed by atoms with E-state index in [-0.39, 0.29) is 206 Å². The third-order valence-corrected chi connectivity index (χ3v) is 0.500. The first-order valence-corrected chi connectivity index (χ1v) is 5.75. The van der Waals surface area contributed by atoms with Crippen LogP contribution < -0.4 is 231 Å². The van der Waals surface area contributed by atoms with Crippen LogP contribution in [0.3, 0.4) is 0 Å². The van der Waals surface area contributed by atoms with E-state index in [1.54, 1.807) is 0 Å². The number of rotatable bonds is 2. The summed E-state index contributed by atoms with van der Waals surface area (Å²) in [5.74, 6) is -4.33. The second-order valence-corrected chi connectivity index (χ2v) is 2.92. The van der Waals surface area contributed by atoms with Crippen molar-refractivity contribution >= 4 is 23.9 Å². The molecule has 0 atom stereocenters. The smallest absolute Gasteiger partial charge is 0.550 e. The summed E-state index contributed by atoms with van der Waals surface area (Å²) in [5.41, 5.74) is 0. The Morgan fingerprint density at radius 3 is 0.640 bits per heavy atom. The molecule has 0 aromatic heterocycles. The third-order valence-electron chi connectivity index (χ3n) is 0.500. The van der Waals surface area contributed by atoms with Crippen molar-refractivity contribution in [1.82, 2.24) is 5.32 Å². The Balaban J connectivity index is -0.0000000176. The van der Waals surface area contributed by atoms with Crippen LogP contribution in [-0.4, -0.2) is 37.0 Å². The maximum atomic E-state index is 8.89. The molecule has 0 rings (SSSR count). The van der Waals surface area contributed by atoms with Gasteiger partial charge in [0.2, 0.25) is 0 Å². The molecule has 0 unspecified atom stereocenters. The summed E-state index contributed by atoms with van der Waals surface area (Å²) < 4.78 is 0. The van der Waals surface area contributed by atoms with E-state index in [1.807, 2.05) is 0 Å². The van der Waals surface area contributed by atoms with E-state index in [9.17, 15) is 0 Å². The molecule has 0 aromatic rings. The molecule has 0 aliphatic carbocycles. The monoisotopic (exact) mass is 465 g/mol. The summed E-state index contributed by atoms with van der Waals surface area (Å²) in [6.07, 6.45) is 0. The average Bonchev–Trinajstić information content (AvgIpc) is 2.14. The van der Waals surface area contributed by atoms with Crippen LogP contribution in [0, 0.1) is 0 Å². The molecule has 128 valence electrons. The van der Waals surface area contributed by atoms with E-state index in [0.29, 0.717) is 0 Å². The van der Waals surface area contributed by atoms with Gasteiger partial charge in [0, 0.05) is 23.9 Å². The fourth-order valence-electron chi connectivity index (χ4n) is 0.250. The van der Waals surface area contributed by atoms with Crippen LogP contribution in [0.5, 0.6) is 0 Å². The summed E-state index contributed by atoms with van der Waals surface area (Å²) in [7, 11) is 0. The Hall–Kier alpha value is 4.39. The van der Waals surface area contributed by atoms with Crippen molar-refractivity contribution in [2.24, 2.45) is 0 Å². The fraction of sp³-hybridized carbons (Fsp3) is 0.667. The number of carbonyl (C=O) groups excluding carboxylic acids is 4. The summed E-state index contributed by atoms with van der Waals surface area (Å²) in [5, 5.41) is 38.7. The average molecular weight is 466 g/mol. The zero-order chi connectivity index (χ0) is 18.4. The standard InChI is InChI=1S/C4H11N.4C2H4O2.4K/c1-3-5-4-2;4*1-2(3)4;;;;/h5H,3-4H2,1-2H3;4*1H3,(H,3,4);;;;/q;;;;;4*+1/p-4. The quantitative estimate of drug-likeness (QED) is 0.388. The molecule has 0 bridgehead atoms. The van der Waals surface area contributed by atoms with Gasteiger partial charge in [-0.05, 0) is 40.8 Å². The first-order chi connectivity index (χ1) is 9.34. The van der Waals surface area contributed by atoms with Gasteiger partial charge in [-0.15, -0.1) is 0 Å². The number of nitrogens with one attached hydrogen (secondary N) is 1. The molecule has 0 radical (unpaired) electrons. The van der Waals surface area contributed by atoms with Crippen molar-refractivity contribution in [3.63, 3.8) is 0 Å². The predicted molar refractivity (Wildman–Crippen MR) is 66.9 cm³/mol. The minimum absolute atomic E-state index is 0. The Morgan fingerprint density at radius 2 is 0.640 bits per heavy atom. The molecular weight excluding hydrogens is 443 g/mol. The Labute approximate surface area is 320 Å². The van der Waals surface area contributed by atoms with Gasteiger partial charge in [0.25, 0.3) is 0 Å². The van der Waals surface area contributed by atoms with E-state index >= 15 is 0 Å². The molecule has 1 N–H and O–H groups in total. The summed E-state index contributed by atoms with van der Waals surface area (Å²) in [4.78, 5) is 35.6. The first kappa shape index (κ1) is 57.0.